The highest BCUT2D eigenvalue weighted by Gasteiger charge is 2.30. The lowest BCUT2D eigenvalue weighted by Gasteiger charge is -2.13. The Morgan fingerprint density at radius 1 is 0.885 bits per heavy atom. The first kappa shape index (κ1) is 17.3. The Bertz CT molecular complexity index is 895. The maximum Gasteiger partial charge on any atom is 0.417 e. The average Bonchev–Trinajstić information content (AvgIpc) is 2.58. The molecule has 4 amide bonds. The van der Waals surface area contributed by atoms with Crippen molar-refractivity contribution in [1.29, 1.82) is 0 Å². The van der Waals surface area contributed by atoms with Gasteiger partial charge in [0, 0.05) is 11.8 Å². The number of hydrogen-bond acceptors (Lipinski definition) is 4. The summed E-state index contributed by atoms with van der Waals surface area (Å²) in [5.41, 5.74) is 0.330. The summed E-state index contributed by atoms with van der Waals surface area (Å²) < 4.78 is 37.7. The number of carbonyl (C=O) groups is 3. The van der Waals surface area contributed by atoms with E-state index in [4.69, 9.17) is 0 Å². The Morgan fingerprint density at radius 2 is 1.50 bits per heavy atom. The molecule has 6 nitrogen and oxygen atoms in total. The van der Waals surface area contributed by atoms with Gasteiger partial charge in [-0.15, -0.1) is 0 Å². The molecule has 2 aromatic rings. The summed E-state index contributed by atoms with van der Waals surface area (Å²) in [5.74, 6) is -1.63. The zero-order chi connectivity index (χ0) is 18.9. The summed E-state index contributed by atoms with van der Waals surface area (Å²) in [6.07, 6.45) is -2.41. The van der Waals surface area contributed by atoms with Crippen LogP contribution in [0.15, 0.2) is 48.2 Å². The maximum atomic E-state index is 12.6. The standard InChI is InChI=1S/C17H10F3N3O3/c18-17(19,20)11-5-6-13(21-8-11)10-3-1-9(2-4-10)7-12-14(24)22-16(26)23-15(12)25/h1-8H,(H2,22,23,24,25,26). The molecule has 3 rings (SSSR count). The number of amides is 4. The van der Waals surface area contributed by atoms with Gasteiger partial charge in [0.1, 0.15) is 5.57 Å². The molecule has 132 valence electrons. The fraction of sp³-hybridized carbons (Fsp3) is 0.0588. The SMILES string of the molecule is O=C1NC(=O)C(=Cc2ccc(-c3ccc(C(F)(F)F)cn3)cc2)C(=O)N1. The summed E-state index contributed by atoms with van der Waals surface area (Å²) >= 11 is 0. The first-order valence-electron chi connectivity index (χ1n) is 7.26. The number of nitrogens with zero attached hydrogens (tertiary/aromatic N) is 1. The van der Waals surface area contributed by atoms with E-state index in [1.54, 1.807) is 24.3 Å². The zero-order valence-corrected chi connectivity index (χ0v) is 12.9. The van der Waals surface area contributed by atoms with Crippen LogP contribution >= 0.6 is 0 Å². The van der Waals surface area contributed by atoms with Crippen LogP contribution in [0.4, 0.5) is 18.0 Å². The third kappa shape index (κ3) is 3.61. The quantitative estimate of drug-likeness (QED) is 0.636. The molecule has 2 N–H and O–H groups in total. The van der Waals surface area contributed by atoms with Crippen LogP contribution in [0.2, 0.25) is 0 Å². The molecule has 0 saturated carbocycles. The Labute approximate surface area is 144 Å². The number of carbonyl (C=O) groups excluding carboxylic acids is 3. The molecule has 9 heteroatoms. The minimum atomic E-state index is -4.45. The van der Waals surface area contributed by atoms with E-state index in [0.29, 0.717) is 16.8 Å². The van der Waals surface area contributed by atoms with E-state index < -0.39 is 29.6 Å². The molecular formula is C17H10F3N3O3. The van der Waals surface area contributed by atoms with Crippen molar-refractivity contribution in [1.82, 2.24) is 15.6 Å². The topological polar surface area (TPSA) is 88.2 Å². The molecule has 26 heavy (non-hydrogen) atoms. The fourth-order valence-corrected chi connectivity index (χ4v) is 2.26. The van der Waals surface area contributed by atoms with Gasteiger partial charge in [-0.2, -0.15) is 13.2 Å². The fourth-order valence-electron chi connectivity index (χ4n) is 2.26. The van der Waals surface area contributed by atoms with Crippen LogP contribution in [0.5, 0.6) is 0 Å². The van der Waals surface area contributed by atoms with Gasteiger partial charge in [-0.25, -0.2) is 4.79 Å². The summed E-state index contributed by atoms with van der Waals surface area (Å²) in [6, 6.07) is 7.62. The molecule has 0 aliphatic carbocycles. The molecule has 0 unspecified atom stereocenters. The van der Waals surface area contributed by atoms with Crippen LogP contribution in [-0.4, -0.2) is 22.8 Å². The van der Waals surface area contributed by atoms with E-state index in [2.05, 4.69) is 4.98 Å². The predicted octanol–water partition coefficient (Wildman–Crippen LogP) is 2.52. The molecule has 0 atom stereocenters. The second-order valence-corrected chi connectivity index (χ2v) is 5.35. The van der Waals surface area contributed by atoms with Gasteiger partial charge in [-0.3, -0.25) is 25.2 Å². The minimum Gasteiger partial charge on any atom is -0.273 e. The van der Waals surface area contributed by atoms with Crippen LogP contribution < -0.4 is 10.6 Å². The lowest BCUT2D eigenvalue weighted by Crippen LogP contribution is -2.51. The van der Waals surface area contributed by atoms with Crippen molar-refractivity contribution < 1.29 is 27.6 Å². The average molecular weight is 361 g/mol. The zero-order valence-electron chi connectivity index (χ0n) is 12.9. The number of halogens is 3. The number of imide groups is 2. The van der Waals surface area contributed by atoms with Gasteiger partial charge < -0.3 is 0 Å². The van der Waals surface area contributed by atoms with Gasteiger partial charge in [0.15, 0.2) is 0 Å². The highest BCUT2D eigenvalue weighted by Crippen LogP contribution is 2.29. The number of nitrogens with one attached hydrogen (secondary N) is 2. The normalized spacial score (nSPS) is 14.7. The van der Waals surface area contributed by atoms with Crippen molar-refractivity contribution >= 4 is 23.9 Å². The Morgan fingerprint density at radius 3 is 2.00 bits per heavy atom. The van der Waals surface area contributed by atoms with Gasteiger partial charge in [0.05, 0.1) is 11.3 Å². The van der Waals surface area contributed by atoms with Crippen LogP contribution in [-0.2, 0) is 15.8 Å². The summed E-state index contributed by atoms with van der Waals surface area (Å²) in [7, 11) is 0. The van der Waals surface area contributed by atoms with E-state index in [1.807, 2.05) is 10.6 Å². The number of urea groups is 1. The summed E-state index contributed by atoms with van der Waals surface area (Å²) in [4.78, 5) is 38.1. The van der Waals surface area contributed by atoms with Gasteiger partial charge in [-0.05, 0) is 23.8 Å². The van der Waals surface area contributed by atoms with Gasteiger partial charge in [0.2, 0.25) is 0 Å². The second kappa shape index (κ2) is 6.43. The first-order chi connectivity index (χ1) is 12.2. The Hall–Kier alpha value is -3.49. The number of pyridine rings is 1. The highest BCUT2D eigenvalue weighted by molar-refractivity contribution is 6.31. The number of alkyl halides is 3. The third-order valence-corrected chi connectivity index (χ3v) is 3.55. The van der Waals surface area contributed by atoms with Crippen molar-refractivity contribution in [2.75, 3.05) is 0 Å². The smallest absolute Gasteiger partial charge is 0.273 e. The van der Waals surface area contributed by atoms with Gasteiger partial charge in [-0.1, -0.05) is 24.3 Å². The van der Waals surface area contributed by atoms with Gasteiger partial charge in [0.25, 0.3) is 11.8 Å². The van der Waals surface area contributed by atoms with E-state index in [-0.39, 0.29) is 5.57 Å². The number of hydrogen-bond donors (Lipinski definition) is 2. The van der Waals surface area contributed by atoms with Crippen molar-refractivity contribution in [2.45, 2.75) is 6.18 Å². The van der Waals surface area contributed by atoms with Crippen LogP contribution in [0, 0.1) is 0 Å². The monoisotopic (exact) mass is 361 g/mol. The van der Waals surface area contributed by atoms with E-state index in [0.717, 1.165) is 12.3 Å². The first-order valence-corrected chi connectivity index (χ1v) is 7.26. The van der Waals surface area contributed by atoms with Crippen LogP contribution in [0.1, 0.15) is 11.1 Å². The number of barbiturate groups is 1. The number of rotatable bonds is 2. The summed E-state index contributed by atoms with van der Waals surface area (Å²) in [5, 5.41) is 3.91. The lowest BCUT2D eigenvalue weighted by molar-refractivity contribution is -0.137. The summed E-state index contributed by atoms with van der Waals surface area (Å²) in [6.45, 7) is 0. The largest absolute Gasteiger partial charge is 0.417 e. The van der Waals surface area contributed by atoms with Gasteiger partial charge >= 0.3 is 12.2 Å². The number of aromatic nitrogens is 1. The lowest BCUT2D eigenvalue weighted by atomic mass is 10.0. The molecule has 1 aromatic heterocycles. The van der Waals surface area contributed by atoms with Crippen LogP contribution in [0.25, 0.3) is 17.3 Å². The molecule has 1 fully saturated rings. The Balaban J connectivity index is 1.83. The van der Waals surface area contributed by atoms with E-state index >= 15 is 0 Å². The number of benzene rings is 1. The van der Waals surface area contributed by atoms with Crippen molar-refractivity contribution in [3.05, 3.63) is 59.3 Å². The molecule has 1 aromatic carbocycles. The van der Waals surface area contributed by atoms with Crippen LogP contribution in [0.3, 0.4) is 0 Å². The molecule has 1 aliphatic heterocycles. The minimum absolute atomic E-state index is 0.231. The van der Waals surface area contributed by atoms with E-state index in [1.165, 1.54) is 12.1 Å². The molecule has 0 spiro atoms. The third-order valence-electron chi connectivity index (χ3n) is 3.55. The predicted molar refractivity (Wildman–Crippen MR) is 84.3 cm³/mol. The Kier molecular flexibility index (Phi) is 4.29. The molecular weight excluding hydrogens is 351 g/mol. The van der Waals surface area contributed by atoms with Crippen molar-refractivity contribution in [3.8, 4) is 11.3 Å². The van der Waals surface area contributed by atoms with E-state index in [9.17, 15) is 27.6 Å². The second-order valence-electron chi connectivity index (χ2n) is 5.35. The van der Waals surface area contributed by atoms with Crippen molar-refractivity contribution in [3.63, 3.8) is 0 Å². The molecule has 0 radical (unpaired) electrons. The molecule has 0 bridgehead atoms. The maximum absolute atomic E-state index is 12.6. The highest BCUT2D eigenvalue weighted by atomic mass is 19.4. The molecule has 1 aliphatic rings. The van der Waals surface area contributed by atoms with Crippen molar-refractivity contribution in [2.24, 2.45) is 0 Å². The molecule has 1 saturated heterocycles. The molecule has 2 heterocycles.